The molecule has 1 heterocycles. The van der Waals surface area contributed by atoms with E-state index in [9.17, 15) is 9.59 Å². The number of alkyl halides is 2. The third kappa shape index (κ3) is 2.75. The Kier molecular flexibility index (Phi) is 4.40. The van der Waals surface area contributed by atoms with Crippen molar-refractivity contribution < 1.29 is 14.3 Å². The van der Waals surface area contributed by atoms with Gasteiger partial charge in [0.15, 0.2) is 0 Å². The second-order valence-corrected chi connectivity index (χ2v) is 5.79. The smallest absolute Gasteiger partial charge is 0.416 e. The second kappa shape index (κ2) is 5.84. The zero-order chi connectivity index (χ0) is 13.1. The number of nitrogens with zero attached hydrogens (tertiary/aromatic N) is 1. The quantitative estimate of drug-likeness (QED) is 0.762. The fourth-order valence-corrected chi connectivity index (χ4v) is 2.76. The molecule has 0 N–H and O–H groups in total. The SMILES string of the molecule is O=C1OCCN1C(=O)C(Br)C(Br)c1ccccc1. The van der Waals surface area contributed by atoms with Gasteiger partial charge in [0.25, 0.3) is 0 Å². The Morgan fingerprint density at radius 2 is 1.94 bits per heavy atom. The third-order valence-corrected chi connectivity index (χ3v) is 5.32. The highest BCUT2D eigenvalue weighted by atomic mass is 79.9. The number of halogens is 2. The van der Waals surface area contributed by atoms with Crippen LogP contribution in [0.15, 0.2) is 30.3 Å². The molecule has 4 nitrogen and oxygen atoms in total. The molecule has 0 bridgehead atoms. The molecule has 96 valence electrons. The minimum atomic E-state index is -0.572. The average Bonchev–Trinajstić information content (AvgIpc) is 2.83. The molecule has 0 saturated carbocycles. The maximum absolute atomic E-state index is 12.1. The number of amides is 2. The van der Waals surface area contributed by atoms with Crippen LogP contribution >= 0.6 is 31.9 Å². The van der Waals surface area contributed by atoms with Gasteiger partial charge in [-0.05, 0) is 5.56 Å². The summed E-state index contributed by atoms with van der Waals surface area (Å²) in [6.45, 7) is 0.580. The lowest BCUT2D eigenvalue weighted by Gasteiger charge is -2.20. The molecule has 1 aromatic carbocycles. The predicted octanol–water partition coefficient (Wildman–Crippen LogP) is 2.86. The van der Waals surface area contributed by atoms with Gasteiger partial charge in [0.05, 0.1) is 11.4 Å². The molecule has 18 heavy (non-hydrogen) atoms. The van der Waals surface area contributed by atoms with Crippen LogP contribution in [0.4, 0.5) is 4.79 Å². The zero-order valence-electron chi connectivity index (χ0n) is 9.38. The Morgan fingerprint density at radius 1 is 1.28 bits per heavy atom. The first kappa shape index (κ1) is 13.5. The predicted molar refractivity (Wildman–Crippen MR) is 73.9 cm³/mol. The Hall–Kier alpha value is -0.880. The lowest BCUT2D eigenvalue weighted by atomic mass is 10.1. The molecule has 1 fully saturated rings. The summed E-state index contributed by atoms with van der Waals surface area (Å²) in [7, 11) is 0. The van der Waals surface area contributed by atoms with Crippen LogP contribution < -0.4 is 0 Å². The zero-order valence-corrected chi connectivity index (χ0v) is 12.6. The van der Waals surface area contributed by atoms with Crippen LogP contribution in [-0.4, -0.2) is 34.9 Å². The minimum Gasteiger partial charge on any atom is -0.447 e. The highest BCUT2D eigenvalue weighted by molar-refractivity contribution is 9.12. The molecule has 0 aliphatic carbocycles. The molecule has 2 unspecified atom stereocenters. The van der Waals surface area contributed by atoms with Crippen molar-refractivity contribution in [1.29, 1.82) is 0 Å². The van der Waals surface area contributed by atoms with Gasteiger partial charge in [0, 0.05) is 0 Å². The number of carbonyl (C=O) groups is 2. The number of cyclic esters (lactones) is 1. The van der Waals surface area contributed by atoms with Crippen molar-refractivity contribution in [2.75, 3.05) is 13.2 Å². The fourth-order valence-electron chi connectivity index (χ4n) is 1.67. The third-order valence-electron chi connectivity index (χ3n) is 2.64. The summed E-state index contributed by atoms with van der Waals surface area (Å²) in [6, 6.07) is 9.55. The van der Waals surface area contributed by atoms with Crippen molar-refractivity contribution in [3.63, 3.8) is 0 Å². The fraction of sp³-hybridized carbons (Fsp3) is 0.333. The number of carbonyl (C=O) groups excluding carboxylic acids is 2. The Bertz CT molecular complexity index is 452. The number of ether oxygens (including phenoxy) is 1. The second-order valence-electron chi connectivity index (χ2n) is 3.82. The molecule has 2 atom stereocenters. The van der Waals surface area contributed by atoms with Crippen LogP contribution in [0.25, 0.3) is 0 Å². The van der Waals surface area contributed by atoms with E-state index < -0.39 is 10.9 Å². The van der Waals surface area contributed by atoms with Gasteiger partial charge >= 0.3 is 6.09 Å². The van der Waals surface area contributed by atoms with Crippen molar-refractivity contribution in [3.8, 4) is 0 Å². The van der Waals surface area contributed by atoms with Crippen molar-refractivity contribution in [1.82, 2.24) is 4.90 Å². The summed E-state index contributed by atoms with van der Waals surface area (Å²) < 4.78 is 4.75. The molecular weight excluding hydrogens is 366 g/mol. The standard InChI is InChI=1S/C12H11Br2NO3/c13-9(8-4-2-1-3-5-8)10(14)11(16)15-6-7-18-12(15)17/h1-5,9-10H,6-7H2. The summed E-state index contributed by atoms with van der Waals surface area (Å²) in [6.07, 6.45) is -0.572. The van der Waals surface area contributed by atoms with Gasteiger partial charge in [-0.2, -0.15) is 0 Å². The van der Waals surface area contributed by atoms with Gasteiger partial charge < -0.3 is 4.74 Å². The van der Waals surface area contributed by atoms with Gasteiger partial charge in [-0.15, -0.1) is 0 Å². The van der Waals surface area contributed by atoms with Crippen molar-refractivity contribution >= 4 is 43.9 Å². The van der Waals surface area contributed by atoms with E-state index in [-0.39, 0.29) is 17.3 Å². The van der Waals surface area contributed by atoms with E-state index in [1.54, 1.807) is 0 Å². The summed E-state index contributed by atoms with van der Waals surface area (Å²) in [4.78, 5) is 23.9. The largest absolute Gasteiger partial charge is 0.447 e. The van der Waals surface area contributed by atoms with Gasteiger partial charge in [-0.25, -0.2) is 9.69 Å². The molecular formula is C12H11Br2NO3. The Labute approximate surface area is 122 Å². The van der Waals surface area contributed by atoms with E-state index in [0.717, 1.165) is 10.5 Å². The molecule has 0 aromatic heterocycles. The van der Waals surface area contributed by atoms with E-state index in [1.165, 1.54) is 0 Å². The van der Waals surface area contributed by atoms with E-state index in [0.29, 0.717) is 6.54 Å². The van der Waals surface area contributed by atoms with Crippen LogP contribution in [0.3, 0.4) is 0 Å². The van der Waals surface area contributed by atoms with E-state index in [1.807, 2.05) is 30.3 Å². The highest BCUT2D eigenvalue weighted by Crippen LogP contribution is 2.32. The molecule has 6 heteroatoms. The van der Waals surface area contributed by atoms with Gasteiger partial charge in [-0.1, -0.05) is 62.2 Å². The molecule has 2 amide bonds. The van der Waals surface area contributed by atoms with Crippen LogP contribution in [0, 0.1) is 0 Å². The van der Waals surface area contributed by atoms with Crippen molar-refractivity contribution in [2.24, 2.45) is 0 Å². The van der Waals surface area contributed by atoms with E-state index in [4.69, 9.17) is 4.74 Å². The molecule has 1 aromatic rings. The molecule has 0 radical (unpaired) electrons. The molecule has 1 aliphatic heterocycles. The average molecular weight is 377 g/mol. The first-order chi connectivity index (χ1) is 8.61. The molecule has 2 rings (SSSR count). The van der Waals surface area contributed by atoms with Crippen molar-refractivity contribution in [2.45, 2.75) is 9.65 Å². The number of rotatable bonds is 3. The van der Waals surface area contributed by atoms with E-state index >= 15 is 0 Å². The lowest BCUT2D eigenvalue weighted by molar-refractivity contribution is -0.127. The molecule has 1 saturated heterocycles. The van der Waals surface area contributed by atoms with Gasteiger partial charge in [0.2, 0.25) is 5.91 Å². The van der Waals surface area contributed by atoms with Crippen LogP contribution in [-0.2, 0) is 9.53 Å². The Morgan fingerprint density at radius 3 is 2.50 bits per heavy atom. The monoisotopic (exact) mass is 375 g/mol. The first-order valence-electron chi connectivity index (χ1n) is 5.42. The topological polar surface area (TPSA) is 46.6 Å². The maximum Gasteiger partial charge on any atom is 0.416 e. The van der Waals surface area contributed by atoms with E-state index in [2.05, 4.69) is 31.9 Å². The van der Waals surface area contributed by atoms with Crippen LogP contribution in [0.2, 0.25) is 0 Å². The normalized spacial score (nSPS) is 18.3. The highest BCUT2D eigenvalue weighted by Gasteiger charge is 2.35. The summed E-state index contributed by atoms with van der Waals surface area (Å²) >= 11 is 6.81. The number of hydrogen-bond donors (Lipinski definition) is 0. The Balaban J connectivity index is 2.09. The van der Waals surface area contributed by atoms with Gasteiger partial charge in [0.1, 0.15) is 11.4 Å². The lowest BCUT2D eigenvalue weighted by Crippen LogP contribution is -2.38. The first-order valence-corrected chi connectivity index (χ1v) is 7.25. The molecule has 0 spiro atoms. The maximum atomic E-state index is 12.1. The van der Waals surface area contributed by atoms with Crippen LogP contribution in [0.1, 0.15) is 10.4 Å². The summed E-state index contributed by atoms with van der Waals surface area (Å²) in [5, 5.41) is 0. The van der Waals surface area contributed by atoms with Gasteiger partial charge in [-0.3, -0.25) is 4.79 Å². The summed E-state index contributed by atoms with van der Waals surface area (Å²) in [5.74, 6) is -0.289. The number of benzene rings is 1. The number of hydrogen-bond acceptors (Lipinski definition) is 3. The van der Waals surface area contributed by atoms with Crippen molar-refractivity contribution in [3.05, 3.63) is 35.9 Å². The van der Waals surface area contributed by atoms with Crippen LogP contribution in [0.5, 0.6) is 0 Å². The molecule has 1 aliphatic rings. The summed E-state index contributed by atoms with van der Waals surface area (Å²) in [5.41, 5.74) is 0.972. The number of imide groups is 1. The minimum absolute atomic E-state index is 0.195.